The summed E-state index contributed by atoms with van der Waals surface area (Å²) >= 11 is 3.53. The number of hydrogen-bond acceptors (Lipinski definition) is 2. The molecule has 0 N–H and O–H groups in total. The molecule has 0 radical (unpaired) electrons. The molecule has 0 rings (SSSR count). The first-order valence-corrected chi connectivity index (χ1v) is 9.66. The summed E-state index contributed by atoms with van der Waals surface area (Å²) in [6.45, 7) is 6.29. The van der Waals surface area contributed by atoms with Gasteiger partial charge in [0.25, 0.3) is 0 Å². The highest BCUT2D eigenvalue weighted by atomic mass is 79.9. The molecule has 0 aromatic heterocycles. The number of unbranched alkanes of at least 4 members (excludes halogenated alkanes) is 1. The summed E-state index contributed by atoms with van der Waals surface area (Å²) in [5, 5.41) is 0.799. The molecule has 0 aliphatic rings. The molecule has 0 aromatic rings. The molecule has 4 heteroatoms. The van der Waals surface area contributed by atoms with E-state index >= 15 is 0 Å². The van der Waals surface area contributed by atoms with E-state index in [9.17, 15) is 8.42 Å². The van der Waals surface area contributed by atoms with Crippen LogP contribution in [0.2, 0.25) is 0 Å². The van der Waals surface area contributed by atoms with E-state index in [2.05, 4.69) is 29.8 Å². The molecular weight excluding hydrogens is 300 g/mol. The standard InChI is InChI=1S/C13H27BrO2S/c1-4-7-10-17(15,16)12-13(11-14,8-5-2)9-6-3/h4-12H2,1-3H3. The van der Waals surface area contributed by atoms with Crippen LogP contribution in [0.5, 0.6) is 0 Å². The van der Waals surface area contributed by atoms with Crippen LogP contribution in [-0.4, -0.2) is 25.3 Å². The highest BCUT2D eigenvalue weighted by molar-refractivity contribution is 9.09. The van der Waals surface area contributed by atoms with Crippen LogP contribution >= 0.6 is 15.9 Å². The zero-order valence-electron chi connectivity index (χ0n) is 11.5. The molecule has 0 aromatic carbocycles. The predicted octanol–water partition coefficient (Wildman–Crippen LogP) is 4.18. The predicted molar refractivity (Wildman–Crippen MR) is 79.6 cm³/mol. The number of halogens is 1. The van der Waals surface area contributed by atoms with E-state index in [-0.39, 0.29) is 5.41 Å². The van der Waals surface area contributed by atoms with Gasteiger partial charge in [0.1, 0.15) is 0 Å². The second kappa shape index (κ2) is 8.52. The fraction of sp³-hybridized carbons (Fsp3) is 1.00. The Morgan fingerprint density at radius 2 is 1.53 bits per heavy atom. The first kappa shape index (κ1) is 17.4. The molecule has 0 fully saturated rings. The average molecular weight is 327 g/mol. The third-order valence-electron chi connectivity index (χ3n) is 3.18. The van der Waals surface area contributed by atoms with Crippen LogP contribution in [-0.2, 0) is 9.84 Å². The van der Waals surface area contributed by atoms with Crippen molar-refractivity contribution in [3.63, 3.8) is 0 Å². The van der Waals surface area contributed by atoms with Crippen molar-refractivity contribution in [3.8, 4) is 0 Å². The molecule has 0 unspecified atom stereocenters. The second-order valence-electron chi connectivity index (χ2n) is 5.08. The van der Waals surface area contributed by atoms with E-state index in [1.54, 1.807) is 0 Å². The largest absolute Gasteiger partial charge is 0.229 e. The Labute approximate surface area is 116 Å². The summed E-state index contributed by atoms with van der Waals surface area (Å²) < 4.78 is 24.2. The average Bonchev–Trinajstić information content (AvgIpc) is 2.26. The van der Waals surface area contributed by atoms with E-state index in [1.165, 1.54) is 0 Å². The van der Waals surface area contributed by atoms with Gasteiger partial charge < -0.3 is 0 Å². The van der Waals surface area contributed by atoms with E-state index in [0.717, 1.165) is 43.9 Å². The van der Waals surface area contributed by atoms with Gasteiger partial charge in [-0.2, -0.15) is 0 Å². The second-order valence-corrected chi connectivity index (χ2v) is 7.82. The van der Waals surface area contributed by atoms with Gasteiger partial charge in [-0.3, -0.25) is 0 Å². The monoisotopic (exact) mass is 326 g/mol. The maximum atomic E-state index is 12.1. The minimum absolute atomic E-state index is 0.0456. The van der Waals surface area contributed by atoms with Gasteiger partial charge in [-0.25, -0.2) is 8.42 Å². The van der Waals surface area contributed by atoms with Gasteiger partial charge in [-0.1, -0.05) is 56.0 Å². The van der Waals surface area contributed by atoms with E-state index in [1.807, 2.05) is 6.92 Å². The summed E-state index contributed by atoms with van der Waals surface area (Å²) in [5.41, 5.74) is -0.0456. The van der Waals surface area contributed by atoms with Crippen LogP contribution < -0.4 is 0 Å². The van der Waals surface area contributed by atoms with Crippen molar-refractivity contribution in [2.45, 2.75) is 59.3 Å². The fourth-order valence-electron chi connectivity index (χ4n) is 2.41. The number of hydrogen-bond donors (Lipinski definition) is 0. The molecule has 0 saturated heterocycles. The maximum Gasteiger partial charge on any atom is 0.150 e. The SMILES string of the molecule is CCCCS(=O)(=O)CC(CBr)(CCC)CCC. The summed E-state index contributed by atoms with van der Waals surface area (Å²) in [5.74, 6) is 0.707. The van der Waals surface area contributed by atoms with Crippen molar-refractivity contribution >= 4 is 25.8 Å². The van der Waals surface area contributed by atoms with Crippen LogP contribution in [0.15, 0.2) is 0 Å². The Bertz CT molecular complexity index is 280. The molecule has 0 aliphatic carbocycles. The molecule has 2 nitrogen and oxygen atoms in total. The Balaban J connectivity index is 4.71. The van der Waals surface area contributed by atoms with Crippen molar-refractivity contribution in [1.29, 1.82) is 0 Å². The summed E-state index contributed by atoms with van der Waals surface area (Å²) in [6, 6.07) is 0. The van der Waals surface area contributed by atoms with Crippen molar-refractivity contribution in [1.82, 2.24) is 0 Å². The molecule has 104 valence electrons. The van der Waals surface area contributed by atoms with Crippen molar-refractivity contribution in [2.24, 2.45) is 5.41 Å². The Hall–Kier alpha value is 0.430. The first-order chi connectivity index (χ1) is 7.95. The van der Waals surface area contributed by atoms with Gasteiger partial charge in [-0.05, 0) is 24.7 Å². The van der Waals surface area contributed by atoms with Gasteiger partial charge in [0, 0.05) is 5.33 Å². The molecule has 0 atom stereocenters. The van der Waals surface area contributed by atoms with E-state index in [0.29, 0.717) is 11.5 Å². The maximum absolute atomic E-state index is 12.1. The summed E-state index contributed by atoms with van der Waals surface area (Å²) in [4.78, 5) is 0. The third-order valence-corrected chi connectivity index (χ3v) is 6.33. The molecule has 0 spiro atoms. The highest BCUT2D eigenvalue weighted by Gasteiger charge is 2.32. The van der Waals surface area contributed by atoms with Crippen LogP contribution in [0.3, 0.4) is 0 Å². The van der Waals surface area contributed by atoms with Gasteiger partial charge in [0.05, 0.1) is 11.5 Å². The quantitative estimate of drug-likeness (QED) is 0.564. The van der Waals surface area contributed by atoms with E-state index < -0.39 is 9.84 Å². The van der Waals surface area contributed by atoms with Gasteiger partial charge >= 0.3 is 0 Å². The van der Waals surface area contributed by atoms with Crippen LogP contribution in [0, 0.1) is 5.41 Å². The molecular formula is C13H27BrO2S. The number of rotatable bonds is 10. The number of sulfone groups is 1. The lowest BCUT2D eigenvalue weighted by Crippen LogP contribution is -2.33. The molecule has 0 saturated carbocycles. The van der Waals surface area contributed by atoms with Crippen molar-refractivity contribution < 1.29 is 8.42 Å². The number of alkyl halides is 1. The lowest BCUT2D eigenvalue weighted by Gasteiger charge is -2.31. The minimum atomic E-state index is -2.89. The lowest BCUT2D eigenvalue weighted by atomic mass is 9.83. The smallest absolute Gasteiger partial charge is 0.150 e. The zero-order chi connectivity index (χ0) is 13.4. The van der Waals surface area contributed by atoms with Gasteiger partial charge in [0.15, 0.2) is 9.84 Å². The molecule has 0 bridgehead atoms. The fourth-order valence-corrected chi connectivity index (χ4v) is 5.62. The molecule has 17 heavy (non-hydrogen) atoms. The minimum Gasteiger partial charge on any atom is -0.229 e. The summed E-state index contributed by atoms with van der Waals surface area (Å²) in [7, 11) is -2.89. The zero-order valence-corrected chi connectivity index (χ0v) is 13.9. The van der Waals surface area contributed by atoms with Crippen molar-refractivity contribution in [3.05, 3.63) is 0 Å². The van der Waals surface area contributed by atoms with Crippen molar-refractivity contribution in [2.75, 3.05) is 16.8 Å². The molecule has 0 aliphatic heterocycles. The molecule has 0 heterocycles. The lowest BCUT2D eigenvalue weighted by molar-refractivity contribution is 0.313. The normalized spacial score (nSPS) is 12.9. The Kier molecular flexibility index (Phi) is 8.73. The molecule has 0 amide bonds. The van der Waals surface area contributed by atoms with E-state index in [4.69, 9.17) is 0 Å². The van der Waals surface area contributed by atoms with Crippen LogP contribution in [0.25, 0.3) is 0 Å². The highest BCUT2D eigenvalue weighted by Crippen LogP contribution is 2.34. The van der Waals surface area contributed by atoms with Gasteiger partial charge in [-0.15, -0.1) is 0 Å². The summed E-state index contributed by atoms with van der Waals surface area (Å²) in [6.07, 6.45) is 5.83. The van der Waals surface area contributed by atoms with Gasteiger partial charge in [0.2, 0.25) is 0 Å². The Morgan fingerprint density at radius 3 is 1.88 bits per heavy atom. The van der Waals surface area contributed by atoms with Crippen LogP contribution in [0.1, 0.15) is 59.3 Å². The Morgan fingerprint density at radius 1 is 1.00 bits per heavy atom. The first-order valence-electron chi connectivity index (χ1n) is 6.71. The third kappa shape index (κ3) is 6.80. The van der Waals surface area contributed by atoms with Crippen LogP contribution in [0.4, 0.5) is 0 Å². The topological polar surface area (TPSA) is 34.1 Å².